The summed E-state index contributed by atoms with van der Waals surface area (Å²) in [6.07, 6.45) is 0. The number of hydrogen-bond donors (Lipinski definition) is 4. The van der Waals surface area contributed by atoms with E-state index in [2.05, 4.69) is 0 Å². The second kappa shape index (κ2) is 2.84. The minimum atomic E-state index is -1.43. The molecule has 0 aromatic heterocycles. The minimum Gasteiger partial charge on any atom is -0.481 e. The largest absolute Gasteiger partial charge is 0.481 e. The summed E-state index contributed by atoms with van der Waals surface area (Å²) < 4.78 is 0. The van der Waals surface area contributed by atoms with Gasteiger partial charge < -0.3 is 31.4 Å². The van der Waals surface area contributed by atoms with Gasteiger partial charge in [-0.05, 0) is 0 Å². The van der Waals surface area contributed by atoms with Gasteiger partial charge >= 0.3 is 23.9 Å². The SMILES string of the molecule is O.O.O=C(O)C12C3C4(C(=O)O)C1C1(C(=O)O)C2C3(C(=O)O)C41. The molecular formula is C12H12O10. The zero-order valence-corrected chi connectivity index (χ0v) is 10.7. The van der Waals surface area contributed by atoms with Crippen molar-refractivity contribution in [2.75, 3.05) is 0 Å². The first-order valence-corrected chi connectivity index (χ1v) is 6.18. The minimum absolute atomic E-state index is 0. The first-order valence-electron chi connectivity index (χ1n) is 6.18. The summed E-state index contributed by atoms with van der Waals surface area (Å²) in [5.41, 5.74) is -5.71. The summed E-state index contributed by atoms with van der Waals surface area (Å²) in [5, 5.41) is 37.5. The first-order chi connectivity index (χ1) is 9.24. The fourth-order valence-electron chi connectivity index (χ4n) is 7.65. The third-order valence-electron chi connectivity index (χ3n) is 7.21. The molecule has 22 heavy (non-hydrogen) atoms. The summed E-state index contributed by atoms with van der Waals surface area (Å²) in [6.45, 7) is 0. The lowest BCUT2D eigenvalue weighted by Gasteiger charge is -3.13. The van der Waals surface area contributed by atoms with E-state index >= 15 is 0 Å². The lowest BCUT2D eigenvalue weighted by Crippen LogP contribution is -3.21. The van der Waals surface area contributed by atoms with E-state index in [0.717, 1.165) is 0 Å². The normalized spacial score (nSPS) is 58.5. The predicted octanol–water partition coefficient (Wildman–Crippen LogP) is -2.85. The van der Waals surface area contributed by atoms with E-state index in [1.807, 2.05) is 0 Å². The Bertz CT molecular complexity index is 538. The Labute approximate surface area is 121 Å². The highest BCUT2D eigenvalue weighted by Gasteiger charge is 3.26. The Hall–Kier alpha value is -2.20. The molecule has 0 bridgehead atoms. The maximum atomic E-state index is 11.5. The molecule has 8 N–H and O–H groups in total. The zero-order valence-electron chi connectivity index (χ0n) is 10.7. The highest BCUT2D eigenvalue weighted by atomic mass is 16.4. The Balaban J connectivity index is 0.000000720. The van der Waals surface area contributed by atoms with Gasteiger partial charge in [-0.15, -0.1) is 0 Å². The summed E-state index contributed by atoms with van der Waals surface area (Å²) in [5.74, 6) is -8.79. The molecule has 0 aromatic rings. The molecule has 10 nitrogen and oxygen atoms in total. The Morgan fingerprint density at radius 1 is 0.500 bits per heavy atom. The number of carboxylic acids is 4. The number of rotatable bonds is 4. The third-order valence-corrected chi connectivity index (χ3v) is 7.21. The highest BCUT2D eigenvalue weighted by Crippen LogP contribution is 3.18. The molecule has 6 rings (SSSR count). The molecule has 10 heteroatoms. The molecule has 6 fully saturated rings. The van der Waals surface area contributed by atoms with Crippen LogP contribution in [0.4, 0.5) is 0 Å². The predicted molar refractivity (Wildman–Crippen MR) is 61.5 cm³/mol. The number of carboxylic acid groups (broad SMARTS) is 4. The van der Waals surface area contributed by atoms with Crippen molar-refractivity contribution in [1.29, 1.82) is 0 Å². The van der Waals surface area contributed by atoms with Gasteiger partial charge in [-0.2, -0.15) is 0 Å². The molecule has 0 saturated heterocycles. The molecule has 0 spiro atoms. The van der Waals surface area contributed by atoms with Crippen molar-refractivity contribution in [2.45, 2.75) is 0 Å². The fraction of sp³-hybridized carbons (Fsp3) is 0.667. The van der Waals surface area contributed by atoms with Gasteiger partial charge in [0.25, 0.3) is 0 Å². The lowest BCUT2D eigenvalue weighted by molar-refractivity contribution is -0.683. The monoisotopic (exact) mass is 316 g/mol. The standard InChI is InChI=1S/C12H8O8.2H2O/c13-5(14)9-1-10(6(15)16)2(9)12(8(19)20)3(9)11(1,4(10)12)7(17)18;;/h1-4H,(H,13,14)(H,15,16)(H,17,18)(H,19,20);2*1H2. The van der Waals surface area contributed by atoms with Gasteiger partial charge in [-0.1, -0.05) is 0 Å². The van der Waals surface area contributed by atoms with Gasteiger partial charge in [0.1, 0.15) is 0 Å². The first kappa shape index (κ1) is 14.7. The smallest absolute Gasteiger partial charge is 0.310 e. The summed E-state index contributed by atoms with van der Waals surface area (Å²) in [4.78, 5) is 46.0. The van der Waals surface area contributed by atoms with Crippen molar-refractivity contribution >= 4 is 23.9 Å². The van der Waals surface area contributed by atoms with Crippen LogP contribution in [0.2, 0.25) is 0 Å². The topological polar surface area (TPSA) is 212 Å². The van der Waals surface area contributed by atoms with E-state index in [1.54, 1.807) is 0 Å². The van der Waals surface area contributed by atoms with Crippen molar-refractivity contribution in [2.24, 2.45) is 45.3 Å². The Kier molecular flexibility index (Phi) is 1.90. The average Bonchev–Trinajstić information content (AvgIpc) is 2.35. The van der Waals surface area contributed by atoms with Crippen LogP contribution < -0.4 is 0 Å². The second-order valence-corrected chi connectivity index (χ2v) is 6.68. The molecule has 0 unspecified atom stereocenters. The van der Waals surface area contributed by atoms with E-state index in [9.17, 15) is 39.6 Å². The summed E-state index contributed by atoms with van der Waals surface area (Å²) in [7, 11) is 0. The van der Waals surface area contributed by atoms with E-state index in [-0.39, 0.29) is 11.0 Å². The molecule has 0 heterocycles. The Morgan fingerprint density at radius 2 is 0.636 bits per heavy atom. The van der Waals surface area contributed by atoms with Crippen LogP contribution in [0.25, 0.3) is 0 Å². The third kappa shape index (κ3) is 0.571. The lowest BCUT2D eigenvalue weighted by atomic mass is 8.84. The summed E-state index contributed by atoms with van der Waals surface area (Å²) >= 11 is 0. The molecule has 0 aliphatic heterocycles. The van der Waals surface area contributed by atoms with Crippen LogP contribution in [0.1, 0.15) is 0 Å². The molecule has 120 valence electrons. The zero-order chi connectivity index (χ0) is 14.6. The fourth-order valence-corrected chi connectivity index (χ4v) is 7.65. The van der Waals surface area contributed by atoms with E-state index in [4.69, 9.17) is 0 Å². The van der Waals surface area contributed by atoms with Gasteiger partial charge in [0.15, 0.2) is 0 Å². The average molecular weight is 316 g/mol. The van der Waals surface area contributed by atoms with Gasteiger partial charge in [0, 0.05) is 23.7 Å². The van der Waals surface area contributed by atoms with Crippen LogP contribution in [0.15, 0.2) is 0 Å². The van der Waals surface area contributed by atoms with Crippen molar-refractivity contribution in [1.82, 2.24) is 0 Å². The van der Waals surface area contributed by atoms with Gasteiger partial charge in [-0.3, -0.25) is 19.2 Å². The molecule has 0 radical (unpaired) electrons. The second-order valence-electron chi connectivity index (χ2n) is 6.68. The van der Waals surface area contributed by atoms with Crippen LogP contribution in [-0.4, -0.2) is 55.3 Å². The van der Waals surface area contributed by atoms with Crippen LogP contribution >= 0.6 is 0 Å². The number of aliphatic carboxylic acids is 4. The van der Waals surface area contributed by atoms with Crippen LogP contribution in [0, 0.1) is 45.3 Å². The number of carbonyl (C=O) groups is 4. The molecule has 6 aliphatic carbocycles. The van der Waals surface area contributed by atoms with Crippen LogP contribution in [-0.2, 0) is 19.2 Å². The van der Waals surface area contributed by atoms with Gasteiger partial charge in [0.05, 0.1) is 21.7 Å². The maximum Gasteiger partial charge on any atom is 0.310 e. The van der Waals surface area contributed by atoms with E-state index < -0.39 is 69.2 Å². The van der Waals surface area contributed by atoms with Crippen molar-refractivity contribution in [3.8, 4) is 0 Å². The highest BCUT2D eigenvalue weighted by molar-refractivity contribution is 6.11. The van der Waals surface area contributed by atoms with Crippen molar-refractivity contribution in [3.05, 3.63) is 0 Å². The molecule has 0 aromatic carbocycles. The molecule has 6 saturated carbocycles. The van der Waals surface area contributed by atoms with Crippen LogP contribution in [0.5, 0.6) is 0 Å². The van der Waals surface area contributed by atoms with Gasteiger partial charge in [-0.25, -0.2) is 0 Å². The van der Waals surface area contributed by atoms with Gasteiger partial charge in [0.2, 0.25) is 0 Å². The quantitative estimate of drug-likeness (QED) is 0.422. The molecule has 0 atom stereocenters. The molecule has 0 amide bonds. The number of hydrogen-bond acceptors (Lipinski definition) is 4. The summed E-state index contributed by atoms with van der Waals surface area (Å²) in [6, 6.07) is 0. The maximum absolute atomic E-state index is 11.5. The van der Waals surface area contributed by atoms with Crippen LogP contribution in [0.3, 0.4) is 0 Å². The molecule has 6 aliphatic rings. The van der Waals surface area contributed by atoms with E-state index in [0.29, 0.717) is 0 Å². The molecular weight excluding hydrogens is 304 g/mol. The Morgan fingerprint density at radius 3 is 0.727 bits per heavy atom. The van der Waals surface area contributed by atoms with E-state index in [1.165, 1.54) is 0 Å². The van der Waals surface area contributed by atoms with Crippen molar-refractivity contribution < 1.29 is 50.6 Å². The van der Waals surface area contributed by atoms with Crippen molar-refractivity contribution in [3.63, 3.8) is 0 Å².